The fourth-order valence-electron chi connectivity index (χ4n) is 9.77. The van der Waals surface area contributed by atoms with Crippen molar-refractivity contribution < 1.29 is 28.2 Å². The van der Waals surface area contributed by atoms with Gasteiger partial charge < -0.3 is 33.8 Å². The van der Waals surface area contributed by atoms with Crippen molar-refractivity contribution in [3.8, 4) is 17.2 Å². The van der Waals surface area contributed by atoms with Crippen LogP contribution in [-0.4, -0.2) is 130 Å². The Bertz CT molecular complexity index is 1960. The van der Waals surface area contributed by atoms with E-state index in [9.17, 15) is 14.0 Å². The summed E-state index contributed by atoms with van der Waals surface area (Å²) in [6.07, 6.45) is 8.91. The Labute approximate surface area is 341 Å². The molecule has 312 valence electrons. The van der Waals surface area contributed by atoms with E-state index in [2.05, 4.69) is 24.7 Å². The summed E-state index contributed by atoms with van der Waals surface area (Å²) in [5.74, 6) is 2.61. The number of pyridine rings is 1. The standard InChI is InChI=1S/C44H59FN8O5/c1-7-53(29(2)3)41(54)34-17-32(45)9-10-37(34)57-39-20-46-28-48-40(39)52-26-44(27-52)18-33(19-44)56-38-11-13-47-36-12-16-49(25-35(36)38)14-8-15-50-21-30-23-51(24-31(30)22-50)42(55)58-43(4,5)6/h9-11,13,17,20,28-31,33H,7-8,12,14-16,18-19,21-27H2,1-6H3/t30-,31+. The SMILES string of the molecule is CCN(C(=O)c1cc(F)ccc1Oc1cncnc1N1CC2(CC(Oc3ccnc4c3CN(CCCN3C[C@@H]5CN(C(=O)OC(C)(C)C)C[C@@H]5C3)CC4)C2)C1)C(C)C. The number of hydrogen-bond acceptors (Lipinski definition) is 11. The lowest BCUT2D eigenvalue weighted by Gasteiger charge is -2.59. The van der Waals surface area contributed by atoms with Crippen molar-refractivity contribution in [1.82, 2.24) is 34.6 Å². The number of amides is 2. The summed E-state index contributed by atoms with van der Waals surface area (Å²) in [4.78, 5) is 50.4. The summed E-state index contributed by atoms with van der Waals surface area (Å²) in [7, 11) is 0. The third-order valence-corrected chi connectivity index (χ3v) is 12.6. The summed E-state index contributed by atoms with van der Waals surface area (Å²) in [5, 5.41) is 0. The van der Waals surface area contributed by atoms with Gasteiger partial charge >= 0.3 is 6.09 Å². The maximum Gasteiger partial charge on any atom is 0.410 e. The monoisotopic (exact) mass is 798 g/mol. The smallest absolute Gasteiger partial charge is 0.410 e. The van der Waals surface area contributed by atoms with Crippen LogP contribution in [0.4, 0.5) is 15.0 Å². The zero-order valence-corrected chi connectivity index (χ0v) is 35.0. The number of halogens is 1. The molecule has 58 heavy (non-hydrogen) atoms. The van der Waals surface area contributed by atoms with Gasteiger partial charge in [0.2, 0.25) is 0 Å². The van der Waals surface area contributed by atoms with E-state index >= 15 is 0 Å². The Morgan fingerprint density at radius 3 is 2.43 bits per heavy atom. The molecule has 8 rings (SSSR count). The first-order chi connectivity index (χ1) is 27.8. The molecular weight excluding hydrogens is 740 g/mol. The lowest BCUT2D eigenvalue weighted by molar-refractivity contribution is -0.0352. The van der Waals surface area contributed by atoms with E-state index in [0.717, 1.165) is 103 Å². The number of aromatic nitrogens is 3. The number of rotatable bonds is 12. The van der Waals surface area contributed by atoms with Crippen molar-refractivity contribution >= 4 is 17.8 Å². The summed E-state index contributed by atoms with van der Waals surface area (Å²) in [6.45, 7) is 21.3. The number of ether oxygens (including phenoxy) is 3. The first-order valence-corrected chi connectivity index (χ1v) is 21.2. The Morgan fingerprint density at radius 2 is 1.72 bits per heavy atom. The van der Waals surface area contributed by atoms with E-state index in [0.29, 0.717) is 29.9 Å². The number of fused-ring (bicyclic) bond motifs is 2. The molecule has 2 aromatic heterocycles. The Morgan fingerprint density at radius 1 is 0.983 bits per heavy atom. The Kier molecular flexibility index (Phi) is 11.3. The van der Waals surface area contributed by atoms with Crippen molar-refractivity contribution in [2.24, 2.45) is 17.3 Å². The first kappa shape index (κ1) is 40.2. The van der Waals surface area contributed by atoms with Gasteiger partial charge in [0.05, 0.1) is 11.8 Å². The molecule has 0 radical (unpaired) electrons. The molecule has 1 saturated carbocycles. The number of nitrogens with zero attached hydrogens (tertiary/aromatic N) is 8. The molecule has 4 fully saturated rings. The molecule has 1 spiro atoms. The lowest BCUT2D eigenvalue weighted by atomic mass is 9.61. The average Bonchev–Trinajstić information content (AvgIpc) is 3.72. The molecule has 0 N–H and O–H groups in total. The fraction of sp³-hybridized carbons (Fsp3) is 0.614. The van der Waals surface area contributed by atoms with Gasteiger partial charge in [0.15, 0.2) is 11.6 Å². The van der Waals surface area contributed by atoms with Crippen molar-refractivity contribution in [3.63, 3.8) is 0 Å². The summed E-state index contributed by atoms with van der Waals surface area (Å²) >= 11 is 0. The lowest BCUT2D eigenvalue weighted by Crippen LogP contribution is -2.65. The topological polar surface area (TPSA) is 117 Å². The van der Waals surface area contributed by atoms with Gasteiger partial charge in [-0.3, -0.25) is 14.7 Å². The normalized spacial score (nSPS) is 21.7. The maximum atomic E-state index is 14.4. The van der Waals surface area contributed by atoms with E-state index < -0.39 is 11.4 Å². The molecule has 2 atom stereocenters. The second kappa shape index (κ2) is 16.2. The zero-order chi connectivity index (χ0) is 40.8. The third kappa shape index (κ3) is 8.59. The van der Waals surface area contributed by atoms with Gasteiger partial charge in [0.25, 0.3) is 5.91 Å². The highest BCUT2D eigenvalue weighted by Crippen LogP contribution is 2.52. The van der Waals surface area contributed by atoms with Crippen molar-refractivity contribution in [2.45, 2.75) is 91.5 Å². The van der Waals surface area contributed by atoms with E-state index in [-0.39, 0.29) is 40.9 Å². The van der Waals surface area contributed by atoms with E-state index in [1.54, 1.807) is 11.1 Å². The number of likely N-dealkylation sites (tertiary alicyclic amines) is 2. The minimum absolute atomic E-state index is 0.0460. The highest BCUT2D eigenvalue weighted by molar-refractivity contribution is 5.97. The summed E-state index contributed by atoms with van der Waals surface area (Å²) in [5.41, 5.74) is 2.22. The highest BCUT2D eigenvalue weighted by atomic mass is 19.1. The van der Waals surface area contributed by atoms with Gasteiger partial charge in [0, 0.05) is 94.2 Å². The van der Waals surface area contributed by atoms with Gasteiger partial charge in [0.1, 0.15) is 35.3 Å². The fourth-order valence-corrected chi connectivity index (χ4v) is 9.77. The Hall–Kier alpha value is -4.56. The van der Waals surface area contributed by atoms with E-state index in [1.165, 1.54) is 30.1 Å². The predicted molar refractivity (Wildman–Crippen MR) is 218 cm³/mol. The largest absolute Gasteiger partial charge is 0.490 e. The quantitative estimate of drug-likeness (QED) is 0.207. The molecule has 14 heteroatoms. The first-order valence-electron chi connectivity index (χ1n) is 21.2. The molecule has 2 amide bonds. The Balaban J connectivity index is 0.810. The van der Waals surface area contributed by atoms with Crippen LogP contribution in [0.3, 0.4) is 0 Å². The number of anilines is 1. The predicted octanol–water partition coefficient (Wildman–Crippen LogP) is 6.27. The molecule has 3 aromatic rings. The van der Waals surface area contributed by atoms with Crippen LogP contribution >= 0.6 is 0 Å². The molecular formula is C44H59FN8O5. The molecule has 3 saturated heterocycles. The molecule has 0 bridgehead atoms. The summed E-state index contributed by atoms with van der Waals surface area (Å²) < 4.78 is 33.0. The third-order valence-electron chi connectivity index (χ3n) is 12.6. The van der Waals surface area contributed by atoms with Crippen LogP contribution < -0.4 is 14.4 Å². The average molecular weight is 799 g/mol. The van der Waals surface area contributed by atoms with Crippen molar-refractivity contribution in [2.75, 3.05) is 70.3 Å². The van der Waals surface area contributed by atoms with Crippen LogP contribution in [-0.2, 0) is 17.7 Å². The van der Waals surface area contributed by atoms with Crippen molar-refractivity contribution in [3.05, 3.63) is 65.6 Å². The van der Waals surface area contributed by atoms with Gasteiger partial charge in [-0.05, 0) is 110 Å². The maximum absolute atomic E-state index is 14.4. The van der Waals surface area contributed by atoms with Crippen LogP contribution in [0, 0.1) is 23.1 Å². The minimum atomic E-state index is -0.497. The second-order valence-electron chi connectivity index (χ2n) is 18.4. The second-order valence-corrected chi connectivity index (χ2v) is 18.4. The summed E-state index contributed by atoms with van der Waals surface area (Å²) in [6, 6.07) is 6.02. The van der Waals surface area contributed by atoms with Crippen molar-refractivity contribution in [1.29, 1.82) is 0 Å². The molecule has 1 aromatic carbocycles. The van der Waals surface area contributed by atoms with Crippen LogP contribution in [0.2, 0.25) is 0 Å². The zero-order valence-electron chi connectivity index (χ0n) is 35.0. The molecule has 0 unspecified atom stereocenters. The highest BCUT2D eigenvalue weighted by Gasteiger charge is 2.54. The molecule has 1 aliphatic carbocycles. The number of carbonyl (C=O) groups excluding carboxylic acids is 2. The van der Waals surface area contributed by atoms with E-state index in [4.69, 9.17) is 19.2 Å². The van der Waals surface area contributed by atoms with Crippen LogP contribution in [0.1, 0.15) is 82.4 Å². The van der Waals surface area contributed by atoms with Gasteiger partial charge in [-0.15, -0.1) is 0 Å². The van der Waals surface area contributed by atoms with Crippen LogP contribution in [0.5, 0.6) is 17.2 Å². The molecule has 13 nitrogen and oxygen atoms in total. The van der Waals surface area contributed by atoms with Gasteiger partial charge in [-0.25, -0.2) is 19.2 Å². The molecule has 4 aliphatic heterocycles. The molecule has 6 heterocycles. The van der Waals surface area contributed by atoms with Gasteiger partial charge in [-0.2, -0.15) is 0 Å². The molecule has 5 aliphatic rings. The number of carbonyl (C=O) groups is 2. The van der Waals surface area contributed by atoms with E-state index in [1.807, 2.05) is 58.7 Å². The number of hydrogen-bond donors (Lipinski definition) is 0. The number of benzene rings is 1. The van der Waals surface area contributed by atoms with Crippen LogP contribution in [0.15, 0.2) is 43.0 Å². The van der Waals surface area contributed by atoms with Crippen LogP contribution in [0.25, 0.3) is 0 Å². The van der Waals surface area contributed by atoms with Gasteiger partial charge in [-0.1, -0.05) is 0 Å². The minimum Gasteiger partial charge on any atom is -0.490 e.